The summed E-state index contributed by atoms with van der Waals surface area (Å²) >= 11 is 0. The Morgan fingerprint density at radius 1 is 1.26 bits per heavy atom. The molecule has 2 N–H and O–H groups in total. The molecule has 0 saturated heterocycles. The topological polar surface area (TPSA) is 54.9 Å². The first-order chi connectivity index (χ1) is 11.2. The molecular formula is C17H28FN3O2. The molecule has 0 unspecified atom stereocenters. The summed E-state index contributed by atoms with van der Waals surface area (Å²) in [5.41, 5.74) is 1.54. The van der Waals surface area contributed by atoms with Crippen LogP contribution in [-0.4, -0.2) is 39.9 Å². The molecule has 0 aliphatic heterocycles. The van der Waals surface area contributed by atoms with Crippen LogP contribution >= 0.6 is 0 Å². The van der Waals surface area contributed by atoms with Gasteiger partial charge in [-0.05, 0) is 37.5 Å². The summed E-state index contributed by atoms with van der Waals surface area (Å²) in [7, 11) is 3.29. The number of benzene rings is 1. The number of ether oxygens (including phenoxy) is 2. The second kappa shape index (κ2) is 11.8. The zero-order valence-electron chi connectivity index (χ0n) is 14.3. The van der Waals surface area contributed by atoms with Crippen LogP contribution in [-0.2, 0) is 22.6 Å². The maximum Gasteiger partial charge on any atom is 0.191 e. The average Bonchev–Trinajstić information content (AvgIpc) is 2.56. The third kappa shape index (κ3) is 7.95. The van der Waals surface area contributed by atoms with E-state index < -0.39 is 0 Å². The molecule has 1 aromatic carbocycles. The van der Waals surface area contributed by atoms with E-state index in [1.807, 2.05) is 6.92 Å². The van der Waals surface area contributed by atoms with E-state index in [-0.39, 0.29) is 12.4 Å². The summed E-state index contributed by atoms with van der Waals surface area (Å²) in [6.45, 7) is 5.24. The normalized spacial score (nSPS) is 11.6. The molecule has 130 valence electrons. The number of methoxy groups -OCH3 is 1. The maximum atomic E-state index is 13.6. The predicted molar refractivity (Wildman–Crippen MR) is 91.0 cm³/mol. The van der Waals surface area contributed by atoms with Crippen molar-refractivity contribution in [2.45, 2.75) is 32.9 Å². The molecule has 6 heteroatoms. The number of unbranched alkanes of at least 4 members (excludes halogenated alkanes) is 1. The van der Waals surface area contributed by atoms with Crippen molar-refractivity contribution in [3.8, 4) is 0 Å². The summed E-state index contributed by atoms with van der Waals surface area (Å²) in [5, 5.41) is 6.47. The van der Waals surface area contributed by atoms with Gasteiger partial charge in [-0.25, -0.2) is 4.39 Å². The molecule has 0 saturated carbocycles. The minimum Gasteiger partial charge on any atom is -0.382 e. The standard InChI is InChI=1S/C17H28FN3O2/c1-4-23-10-6-5-9-20-17(19-2)21-12-14-7-8-16(18)15(11-14)13-22-3/h7-8,11H,4-6,9-10,12-13H2,1-3H3,(H2,19,20,21). The predicted octanol–water partition coefficient (Wildman–Crippen LogP) is 2.45. The highest BCUT2D eigenvalue weighted by Gasteiger charge is 2.04. The highest BCUT2D eigenvalue weighted by atomic mass is 19.1. The number of hydrogen-bond acceptors (Lipinski definition) is 3. The molecule has 0 heterocycles. The first-order valence-corrected chi connectivity index (χ1v) is 7.99. The second-order valence-corrected chi connectivity index (χ2v) is 5.12. The summed E-state index contributed by atoms with van der Waals surface area (Å²) < 4.78 is 23.9. The molecule has 0 bridgehead atoms. The van der Waals surface area contributed by atoms with Crippen molar-refractivity contribution in [1.82, 2.24) is 10.6 Å². The van der Waals surface area contributed by atoms with Crippen LogP contribution in [0.3, 0.4) is 0 Å². The molecule has 0 aromatic heterocycles. The molecule has 1 aromatic rings. The Hall–Kier alpha value is -1.66. The second-order valence-electron chi connectivity index (χ2n) is 5.12. The molecule has 5 nitrogen and oxygen atoms in total. The van der Waals surface area contributed by atoms with Gasteiger partial charge in [0, 0.05) is 46.0 Å². The maximum absolute atomic E-state index is 13.6. The molecule has 1 rings (SSSR count). The fourth-order valence-corrected chi connectivity index (χ4v) is 2.09. The lowest BCUT2D eigenvalue weighted by atomic mass is 10.1. The van der Waals surface area contributed by atoms with Gasteiger partial charge >= 0.3 is 0 Å². The number of rotatable bonds is 10. The lowest BCUT2D eigenvalue weighted by Gasteiger charge is -2.13. The van der Waals surface area contributed by atoms with Crippen molar-refractivity contribution in [3.05, 3.63) is 35.1 Å². The van der Waals surface area contributed by atoms with Gasteiger partial charge in [0.05, 0.1) is 6.61 Å². The molecule has 0 fully saturated rings. The number of nitrogens with zero attached hydrogens (tertiary/aromatic N) is 1. The van der Waals surface area contributed by atoms with E-state index in [0.29, 0.717) is 12.1 Å². The zero-order valence-corrected chi connectivity index (χ0v) is 14.3. The van der Waals surface area contributed by atoms with Crippen LogP contribution in [0.25, 0.3) is 0 Å². The van der Waals surface area contributed by atoms with E-state index in [1.54, 1.807) is 26.3 Å². The van der Waals surface area contributed by atoms with Crippen LogP contribution < -0.4 is 10.6 Å². The molecular weight excluding hydrogens is 297 g/mol. The van der Waals surface area contributed by atoms with Crippen molar-refractivity contribution in [2.75, 3.05) is 33.9 Å². The SMILES string of the molecule is CCOCCCCNC(=NC)NCc1ccc(F)c(COC)c1. The lowest BCUT2D eigenvalue weighted by Crippen LogP contribution is -2.37. The minimum atomic E-state index is -0.243. The van der Waals surface area contributed by atoms with Gasteiger partial charge in [-0.15, -0.1) is 0 Å². The van der Waals surface area contributed by atoms with Gasteiger partial charge in [-0.3, -0.25) is 4.99 Å². The minimum absolute atomic E-state index is 0.243. The fraction of sp³-hybridized carbons (Fsp3) is 0.588. The number of hydrogen-bond donors (Lipinski definition) is 2. The lowest BCUT2D eigenvalue weighted by molar-refractivity contribution is 0.143. The van der Waals surface area contributed by atoms with Crippen LogP contribution in [0.2, 0.25) is 0 Å². The van der Waals surface area contributed by atoms with Crippen molar-refractivity contribution in [3.63, 3.8) is 0 Å². The molecule has 0 aliphatic carbocycles. The van der Waals surface area contributed by atoms with Gasteiger partial charge in [0.1, 0.15) is 5.82 Å². The molecule has 0 spiro atoms. The summed E-state index contributed by atoms with van der Waals surface area (Å²) in [6, 6.07) is 5.04. The number of nitrogens with one attached hydrogen (secondary N) is 2. The van der Waals surface area contributed by atoms with Crippen molar-refractivity contribution in [1.29, 1.82) is 0 Å². The molecule has 0 atom stereocenters. The summed E-state index contributed by atoms with van der Waals surface area (Å²) in [6.07, 6.45) is 2.05. The highest BCUT2D eigenvalue weighted by Crippen LogP contribution is 2.11. The summed E-state index contributed by atoms with van der Waals surface area (Å²) in [4.78, 5) is 4.18. The van der Waals surface area contributed by atoms with Crippen LogP contribution in [0.5, 0.6) is 0 Å². The van der Waals surface area contributed by atoms with E-state index in [0.717, 1.165) is 44.1 Å². The van der Waals surface area contributed by atoms with Gasteiger partial charge in [0.2, 0.25) is 0 Å². The van der Waals surface area contributed by atoms with Crippen LogP contribution in [0.4, 0.5) is 4.39 Å². The Balaban J connectivity index is 2.35. The van der Waals surface area contributed by atoms with Crippen molar-refractivity contribution in [2.24, 2.45) is 4.99 Å². The molecule has 23 heavy (non-hydrogen) atoms. The third-order valence-electron chi connectivity index (χ3n) is 3.31. The Bertz CT molecular complexity index is 481. The number of guanidine groups is 1. The van der Waals surface area contributed by atoms with E-state index in [4.69, 9.17) is 9.47 Å². The van der Waals surface area contributed by atoms with Crippen LogP contribution in [0, 0.1) is 5.82 Å². The van der Waals surface area contributed by atoms with Gasteiger partial charge in [0.15, 0.2) is 5.96 Å². The first-order valence-electron chi connectivity index (χ1n) is 7.99. The monoisotopic (exact) mass is 325 g/mol. The quantitative estimate of drug-likeness (QED) is 0.394. The van der Waals surface area contributed by atoms with Gasteiger partial charge in [-0.2, -0.15) is 0 Å². The Morgan fingerprint density at radius 2 is 2.09 bits per heavy atom. The largest absolute Gasteiger partial charge is 0.382 e. The van der Waals surface area contributed by atoms with Crippen molar-refractivity contribution < 1.29 is 13.9 Å². The molecule has 0 aliphatic rings. The fourth-order valence-electron chi connectivity index (χ4n) is 2.09. The average molecular weight is 325 g/mol. The van der Waals surface area contributed by atoms with Crippen LogP contribution in [0.1, 0.15) is 30.9 Å². The third-order valence-corrected chi connectivity index (χ3v) is 3.31. The molecule has 0 amide bonds. The number of halogens is 1. The van der Waals surface area contributed by atoms with Gasteiger partial charge < -0.3 is 20.1 Å². The van der Waals surface area contributed by atoms with E-state index >= 15 is 0 Å². The Kier molecular flexibility index (Phi) is 9.99. The highest BCUT2D eigenvalue weighted by molar-refractivity contribution is 5.79. The first kappa shape index (κ1) is 19.4. The molecule has 0 radical (unpaired) electrons. The van der Waals surface area contributed by atoms with E-state index in [2.05, 4.69) is 15.6 Å². The van der Waals surface area contributed by atoms with Crippen molar-refractivity contribution >= 4 is 5.96 Å². The van der Waals surface area contributed by atoms with Gasteiger partial charge in [0.25, 0.3) is 0 Å². The van der Waals surface area contributed by atoms with E-state index in [1.165, 1.54) is 6.07 Å². The van der Waals surface area contributed by atoms with E-state index in [9.17, 15) is 4.39 Å². The van der Waals surface area contributed by atoms with Gasteiger partial charge in [-0.1, -0.05) is 6.07 Å². The number of aliphatic imine (C=N–C) groups is 1. The van der Waals surface area contributed by atoms with Crippen LogP contribution in [0.15, 0.2) is 23.2 Å². The summed E-state index contributed by atoms with van der Waals surface area (Å²) in [5.74, 6) is 0.492. The zero-order chi connectivity index (χ0) is 16.9. The smallest absolute Gasteiger partial charge is 0.191 e. The Morgan fingerprint density at radius 3 is 2.78 bits per heavy atom. The Labute approximate surface area is 138 Å².